The van der Waals surface area contributed by atoms with Crippen LogP contribution < -0.4 is 11.2 Å². The van der Waals surface area contributed by atoms with Crippen molar-refractivity contribution in [1.82, 2.24) is 18.9 Å². The van der Waals surface area contributed by atoms with E-state index in [4.69, 9.17) is 5.26 Å². The molecule has 0 saturated carbocycles. The number of rotatable bonds is 4. The average molecular weight is 467 g/mol. The highest BCUT2D eigenvalue weighted by molar-refractivity contribution is 5.65. The van der Waals surface area contributed by atoms with E-state index in [1.54, 1.807) is 24.3 Å². The first-order valence-electron chi connectivity index (χ1n) is 9.85. The van der Waals surface area contributed by atoms with Crippen LogP contribution in [0.2, 0.25) is 0 Å². The van der Waals surface area contributed by atoms with Gasteiger partial charge < -0.3 is 5.11 Å². The van der Waals surface area contributed by atoms with Gasteiger partial charge in [-0.2, -0.15) is 23.5 Å². The molecule has 2 aromatic carbocycles. The number of aliphatic hydroxyl groups excluding tert-OH is 1. The van der Waals surface area contributed by atoms with Gasteiger partial charge in [-0.15, -0.1) is 0 Å². The molecule has 4 rings (SSSR count). The first kappa shape index (κ1) is 22.8. The summed E-state index contributed by atoms with van der Waals surface area (Å²) in [5, 5.41) is 23.4. The Morgan fingerprint density at radius 3 is 2.38 bits per heavy atom. The van der Waals surface area contributed by atoms with E-state index in [0.717, 1.165) is 27.3 Å². The summed E-state index contributed by atoms with van der Waals surface area (Å²) in [6, 6.07) is 13.8. The monoisotopic (exact) mass is 467 g/mol. The summed E-state index contributed by atoms with van der Waals surface area (Å²) in [4.78, 5) is 26.1. The molecule has 8 nitrogen and oxygen atoms in total. The van der Waals surface area contributed by atoms with Gasteiger partial charge in [-0.1, -0.05) is 6.07 Å². The first-order chi connectivity index (χ1) is 16.2. The van der Waals surface area contributed by atoms with Crippen molar-refractivity contribution in [3.05, 3.63) is 98.5 Å². The number of aromatic nitrogens is 4. The molecular weight excluding hydrogens is 451 g/mol. The van der Waals surface area contributed by atoms with Gasteiger partial charge in [0, 0.05) is 7.05 Å². The van der Waals surface area contributed by atoms with Crippen LogP contribution in [0.1, 0.15) is 16.8 Å². The largest absolute Gasteiger partial charge is 0.416 e. The van der Waals surface area contributed by atoms with Crippen molar-refractivity contribution in [3.63, 3.8) is 0 Å². The Kier molecular flexibility index (Phi) is 5.68. The van der Waals surface area contributed by atoms with Crippen LogP contribution >= 0.6 is 0 Å². The van der Waals surface area contributed by atoms with E-state index in [1.807, 2.05) is 6.07 Å². The minimum absolute atomic E-state index is 0.108. The minimum Gasteiger partial charge on any atom is -0.390 e. The van der Waals surface area contributed by atoms with Gasteiger partial charge in [0.1, 0.15) is 0 Å². The van der Waals surface area contributed by atoms with Crippen LogP contribution in [-0.2, 0) is 19.8 Å². The number of halogens is 3. The van der Waals surface area contributed by atoms with Gasteiger partial charge in [0.2, 0.25) is 0 Å². The van der Waals surface area contributed by atoms with Crippen molar-refractivity contribution in [3.8, 4) is 28.7 Å². The molecule has 0 aliphatic rings. The summed E-state index contributed by atoms with van der Waals surface area (Å²) >= 11 is 0. The average Bonchev–Trinajstić information content (AvgIpc) is 3.31. The standard InChI is InChI=1S/C23H16F3N5O3/c1-29-21(33)20(18-9-10-28-31(18)16-7-5-14(12-27)6-8-16)19(13-32)30(22(29)34)17-4-2-3-15(11-17)23(24,25)26/h2-11,32H,13H2,1H3. The van der Waals surface area contributed by atoms with E-state index in [0.29, 0.717) is 11.3 Å². The molecule has 0 unspecified atom stereocenters. The number of benzene rings is 2. The maximum absolute atomic E-state index is 13.3. The topological polar surface area (TPSA) is 106 Å². The van der Waals surface area contributed by atoms with Gasteiger partial charge in [-0.3, -0.25) is 13.9 Å². The van der Waals surface area contributed by atoms with Gasteiger partial charge in [0.05, 0.1) is 58.3 Å². The van der Waals surface area contributed by atoms with E-state index in [1.165, 1.54) is 30.1 Å². The van der Waals surface area contributed by atoms with Gasteiger partial charge in [-0.25, -0.2) is 9.48 Å². The zero-order valence-electron chi connectivity index (χ0n) is 17.6. The summed E-state index contributed by atoms with van der Waals surface area (Å²) < 4.78 is 42.9. The maximum atomic E-state index is 13.3. The van der Waals surface area contributed by atoms with E-state index in [-0.39, 0.29) is 22.6 Å². The molecule has 34 heavy (non-hydrogen) atoms. The molecule has 11 heteroatoms. The fraction of sp³-hybridized carbons (Fsp3) is 0.130. The second-order valence-corrected chi connectivity index (χ2v) is 7.30. The predicted octanol–water partition coefficient (Wildman–Crippen LogP) is 2.77. The second-order valence-electron chi connectivity index (χ2n) is 7.30. The van der Waals surface area contributed by atoms with Crippen LogP contribution in [0.4, 0.5) is 13.2 Å². The molecule has 172 valence electrons. The van der Waals surface area contributed by atoms with Gasteiger partial charge in [0.25, 0.3) is 5.56 Å². The lowest BCUT2D eigenvalue weighted by atomic mass is 10.1. The molecule has 0 aliphatic carbocycles. The van der Waals surface area contributed by atoms with Crippen molar-refractivity contribution in [1.29, 1.82) is 5.26 Å². The lowest BCUT2D eigenvalue weighted by molar-refractivity contribution is -0.137. The smallest absolute Gasteiger partial charge is 0.390 e. The third kappa shape index (κ3) is 3.80. The number of hydrogen-bond donors (Lipinski definition) is 1. The van der Waals surface area contributed by atoms with Crippen LogP contribution in [0, 0.1) is 11.3 Å². The Hall–Kier alpha value is -4.43. The number of nitrogens with zero attached hydrogens (tertiary/aromatic N) is 5. The molecule has 4 aromatic rings. The molecule has 1 N–H and O–H groups in total. The molecule has 0 amide bonds. The lowest BCUT2D eigenvalue weighted by Crippen LogP contribution is -2.40. The SMILES string of the molecule is Cn1c(=O)c(-c2ccnn2-c2ccc(C#N)cc2)c(CO)n(-c2cccc(C(F)(F)F)c2)c1=O. The number of hydrogen-bond acceptors (Lipinski definition) is 5. The van der Waals surface area contributed by atoms with Gasteiger partial charge in [0.15, 0.2) is 0 Å². The highest BCUT2D eigenvalue weighted by Gasteiger charge is 2.31. The van der Waals surface area contributed by atoms with Crippen molar-refractivity contribution in [2.75, 3.05) is 0 Å². The third-order valence-corrected chi connectivity index (χ3v) is 5.28. The number of alkyl halides is 3. The third-order valence-electron chi connectivity index (χ3n) is 5.28. The van der Waals surface area contributed by atoms with E-state index in [2.05, 4.69) is 5.10 Å². The Morgan fingerprint density at radius 1 is 1.06 bits per heavy atom. The zero-order valence-corrected chi connectivity index (χ0v) is 17.6. The first-order valence-corrected chi connectivity index (χ1v) is 9.85. The van der Waals surface area contributed by atoms with Gasteiger partial charge >= 0.3 is 11.9 Å². The van der Waals surface area contributed by atoms with Crippen LogP contribution in [0.15, 0.2) is 70.4 Å². The molecule has 0 saturated heterocycles. The second kappa shape index (κ2) is 8.49. The fourth-order valence-corrected chi connectivity index (χ4v) is 3.63. The van der Waals surface area contributed by atoms with Crippen LogP contribution in [0.5, 0.6) is 0 Å². The van der Waals surface area contributed by atoms with Gasteiger partial charge in [-0.05, 0) is 48.5 Å². The van der Waals surface area contributed by atoms with E-state index < -0.39 is 29.6 Å². The number of aliphatic hydroxyl groups is 1. The summed E-state index contributed by atoms with van der Waals surface area (Å²) in [5.41, 5.74) is -2.02. The Labute approximate surface area is 190 Å². The lowest BCUT2D eigenvalue weighted by Gasteiger charge is -2.18. The van der Waals surface area contributed by atoms with Crippen LogP contribution in [0.3, 0.4) is 0 Å². The quantitative estimate of drug-likeness (QED) is 0.497. The predicted molar refractivity (Wildman–Crippen MR) is 115 cm³/mol. The van der Waals surface area contributed by atoms with Crippen molar-refractivity contribution in [2.45, 2.75) is 12.8 Å². The van der Waals surface area contributed by atoms with E-state index >= 15 is 0 Å². The molecule has 0 bridgehead atoms. The molecule has 0 fully saturated rings. The Morgan fingerprint density at radius 2 is 1.76 bits per heavy atom. The Balaban J connectivity index is 2.02. The maximum Gasteiger partial charge on any atom is 0.416 e. The molecule has 0 radical (unpaired) electrons. The fourth-order valence-electron chi connectivity index (χ4n) is 3.63. The number of nitriles is 1. The van der Waals surface area contributed by atoms with Crippen molar-refractivity contribution >= 4 is 0 Å². The summed E-state index contributed by atoms with van der Waals surface area (Å²) in [7, 11) is 1.20. The minimum atomic E-state index is -4.66. The molecular formula is C23H16F3N5O3. The molecule has 0 aliphatic heterocycles. The molecule has 2 heterocycles. The van der Waals surface area contributed by atoms with Crippen LogP contribution in [-0.4, -0.2) is 24.0 Å². The van der Waals surface area contributed by atoms with Crippen molar-refractivity contribution < 1.29 is 18.3 Å². The highest BCUT2D eigenvalue weighted by Crippen LogP contribution is 2.31. The molecule has 0 atom stereocenters. The van der Waals surface area contributed by atoms with Crippen molar-refractivity contribution in [2.24, 2.45) is 7.05 Å². The Bertz CT molecular complexity index is 1540. The summed E-state index contributed by atoms with van der Waals surface area (Å²) in [6.07, 6.45) is -3.26. The zero-order chi connectivity index (χ0) is 24.6. The summed E-state index contributed by atoms with van der Waals surface area (Å²) in [6.45, 7) is -0.810. The summed E-state index contributed by atoms with van der Waals surface area (Å²) in [5.74, 6) is 0. The normalized spacial score (nSPS) is 11.4. The highest BCUT2D eigenvalue weighted by atomic mass is 19.4. The molecule has 2 aromatic heterocycles. The van der Waals surface area contributed by atoms with Crippen LogP contribution in [0.25, 0.3) is 22.6 Å². The molecule has 0 spiro atoms. The van der Waals surface area contributed by atoms with E-state index in [9.17, 15) is 27.9 Å².